The van der Waals surface area contributed by atoms with E-state index in [-0.39, 0.29) is 23.6 Å². The van der Waals surface area contributed by atoms with E-state index in [1.54, 1.807) is 18.3 Å². The Balaban J connectivity index is 1.26. The van der Waals surface area contributed by atoms with Crippen LogP contribution in [-0.2, 0) is 4.79 Å². The molecule has 0 saturated heterocycles. The standard InChI is InChI=1S/C27H25FN6O/c28-19-5-3-6-20(15-19)31-27(35)17-10-8-16(9-11-17)26-33-23(24-25(29)30-12-13-34(24)26)22-14-18-4-1-2-7-21(18)32-22/h1-7,12-17,32H,8-11H2,(H2,29,30)(H,31,35)/t16-,17-. The third kappa shape index (κ3) is 3.90. The molecule has 0 atom stereocenters. The highest BCUT2D eigenvalue weighted by Gasteiger charge is 2.30. The number of aromatic amines is 1. The highest BCUT2D eigenvalue weighted by atomic mass is 19.1. The Labute approximate surface area is 201 Å². The number of halogens is 1. The molecule has 0 aliphatic heterocycles. The molecular weight excluding hydrogens is 443 g/mol. The maximum absolute atomic E-state index is 13.5. The van der Waals surface area contributed by atoms with Gasteiger partial charge >= 0.3 is 0 Å². The summed E-state index contributed by atoms with van der Waals surface area (Å²) in [7, 11) is 0. The van der Waals surface area contributed by atoms with Gasteiger partial charge in [0.15, 0.2) is 0 Å². The number of hydrogen-bond donors (Lipinski definition) is 3. The molecule has 6 rings (SSSR count). The summed E-state index contributed by atoms with van der Waals surface area (Å²) in [6.45, 7) is 0. The van der Waals surface area contributed by atoms with Crippen molar-refractivity contribution in [1.29, 1.82) is 0 Å². The van der Waals surface area contributed by atoms with Crippen LogP contribution in [-0.4, -0.2) is 25.3 Å². The number of nitrogen functional groups attached to an aromatic ring is 1. The molecule has 8 heteroatoms. The molecule has 1 amide bonds. The molecule has 0 unspecified atom stereocenters. The fourth-order valence-electron chi connectivity index (χ4n) is 5.19. The van der Waals surface area contributed by atoms with Crippen molar-refractivity contribution in [2.24, 2.45) is 5.92 Å². The van der Waals surface area contributed by atoms with Crippen LogP contribution in [0, 0.1) is 11.7 Å². The lowest BCUT2D eigenvalue weighted by molar-refractivity contribution is -0.120. The predicted octanol–water partition coefficient (Wildman–Crippen LogP) is 5.51. The topological polar surface area (TPSA) is 101 Å². The Morgan fingerprint density at radius 2 is 1.91 bits per heavy atom. The number of aromatic nitrogens is 4. The number of para-hydroxylation sites is 1. The predicted molar refractivity (Wildman–Crippen MR) is 134 cm³/mol. The number of imidazole rings is 1. The van der Waals surface area contributed by atoms with E-state index in [2.05, 4.69) is 27.4 Å². The van der Waals surface area contributed by atoms with E-state index in [4.69, 9.17) is 10.7 Å². The molecule has 3 heterocycles. The minimum absolute atomic E-state index is 0.0609. The van der Waals surface area contributed by atoms with Crippen LogP contribution in [0.3, 0.4) is 0 Å². The molecule has 1 fully saturated rings. The molecule has 7 nitrogen and oxygen atoms in total. The molecule has 4 N–H and O–H groups in total. The second-order valence-corrected chi connectivity index (χ2v) is 9.17. The van der Waals surface area contributed by atoms with Crippen LogP contribution < -0.4 is 11.1 Å². The quantitative estimate of drug-likeness (QED) is 0.324. The fraction of sp³-hybridized carbons (Fsp3) is 0.222. The van der Waals surface area contributed by atoms with Crippen molar-refractivity contribution in [1.82, 2.24) is 19.4 Å². The number of H-pyrrole nitrogens is 1. The van der Waals surface area contributed by atoms with Crippen LogP contribution >= 0.6 is 0 Å². The summed E-state index contributed by atoms with van der Waals surface area (Å²) < 4.78 is 15.5. The van der Waals surface area contributed by atoms with E-state index in [9.17, 15) is 9.18 Å². The van der Waals surface area contributed by atoms with Crippen LogP contribution in [0.5, 0.6) is 0 Å². The number of hydrogen-bond acceptors (Lipinski definition) is 4. The van der Waals surface area contributed by atoms with Crippen molar-refractivity contribution in [3.63, 3.8) is 0 Å². The normalized spacial score (nSPS) is 18.2. The number of amides is 1. The Morgan fingerprint density at radius 1 is 1.09 bits per heavy atom. The van der Waals surface area contributed by atoms with Crippen LogP contribution in [0.15, 0.2) is 67.0 Å². The van der Waals surface area contributed by atoms with Crippen LogP contribution in [0.1, 0.15) is 37.4 Å². The highest BCUT2D eigenvalue weighted by molar-refractivity contribution is 5.93. The minimum Gasteiger partial charge on any atom is -0.382 e. The monoisotopic (exact) mass is 468 g/mol. The first-order chi connectivity index (χ1) is 17.1. The molecule has 35 heavy (non-hydrogen) atoms. The summed E-state index contributed by atoms with van der Waals surface area (Å²) in [4.78, 5) is 25.6. The summed E-state index contributed by atoms with van der Waals surface area (Å²) in [5.41, 5.74) is 10.3. The summed E-state index contributed by atoms with van der Waals surface area (Å²) in [5.74, 6) is 1.03. The van der Waals surface area contributed by atoms with Crippen molar-refractivity contribution < 1.29 is 9.18 Å². The molecule has 0 bridgehead atoms. The van der Waals surface area contributed by atoms with E-state index in [0.717, 1.165) is 59.3 Å². The van der Waals surface area contributed by atoms with Gasteiger partial charge in [-0.15, -0.1) is 0 Å². The van der Waals surface area contributed by atoms with Gasteiger partial charge in [0.2, 0.25) is 5.91 Å². The van der Waals surface area contributed by atoms with Crippen LogP contribution in [0.25, 0.3) is 27.8 Å². The number of nitrogens with one attached hydrogen (secondary N) is 2. The molecule has 3 aromatic heterocycles. The number of carbonyl (C=O) groups excluding carboxylic acids is 1. The first-order valence-electron chi connectivity index (χ1n) is 11.8. The van der Waals surface area contributed by atoms with E-state index in [1.165, 1.54) is 12.1 Å². The number of benzene rings is 2. The van der Waals surface area contributed by atoms with Gasteiger partial charge in [-0.3, -0.25) is 9.20 Å². The number of nitrogens with zero attached hydrogens (tertiary/aromatic N) is 3. The zero-order chi connectivity index (χ0) is 23.9. The van der Waals surface area contributed by atoms with Gasteiger partial charge in [-0.1, -0.05) is 24.3 Å². The number of fused-ring (bicyclic) bond motifs is 2. The smallest absolute Gasteiger partial charge is 0.227 e. The summed E-state index contributed by atoms with van der Waals surface area (Å²) in [6.07, 6.45) is 6.74. The average molecular weight is 469 g/mol. The Hall–Kier alpha value is -4.20. The van der Waals surface area contributed by atoms with Gasteiger partial charge in [-0.05, 0) is 56.0 Å². The molecule has 0 radical (unpaired) electrons. The maximum atomic E-state index is 13.5. The minimum atomic E-state index is -0.364. The zero-order valence-corrected chi connectivity index (χ0v) is 19.0. The first-order valence-corrected chi connectivity index (χ1v) is 11.8. The Kier molecular flexibility index (Phi) is 5.21. The van der Waals surface area contributed by atoms with Gasteiger partial charge in [0.25, 0.3) is 0 Å². The third-order valence-corrected chi connectivity index (χ3v) is 6.95. The van der Waals surface area contributed by atoms with Crippen molar-refractivity contribution in [3.05, 3.63) is 78.6 Å². The van der Waals surface area contributed by atoms with E-state index in [0.29, 0.717) is 11.5 Å². The van der Waals surface area contributed by atoms with Gasteiger partial charge in [0, 0.05) is 40.8 Å². The highest BCUT2D eigenvalue weighted by Crippen LogP contribution is 2.39. The van der Waals surface area contributed by atoms with Crippen molar-refractivity contribution in [3.8, 4) is 11.4 Å². The van der Waals surface area contributed by atoms with Gasteiger partial charge < -0.3 is 16.0 Å². The van der Waals surface area contributed by atoms with Gasteiger partial charge in [-0.25, -0.2) is 14.4 Å². The molecular formula is C27H25FN6O. The van der Waals surface area contributed by atoms with E-state index < -0.39 is 0 Å². The number of rotatable bonds is 4. The largest absolute Gasteiger partial charge is 0.382 e. The summed E-state index contributed by atoms with van der Waals surface area (Å²) in [5, 5.41) is 3.96. The molecule has 5 aromatic rings. The van der Waals surface area contributed by atoms with Gasteiger partial charge in [-0.2, -0.15) is 0 Å². The lowest BCUT2D eigenvalue weighted by Crippen LogP contribution is -2.27. The van der Waals surface area contributed by atoms with Crippen molar-refractivity contribution in [2.45, 2.75) is 31.6 Å². The van der Waals surface area contributed by atoms with Crippen molar-refractivity contribution in [2.75, 3.05) is 11.1 Å². The molecule has 2 aromatic carbocycles. The lowest BCUT2D eigenvalue weighted by atomic mass is 9.81. The molecule has 1 aliphatic carbocycles. The summed E-state index contributed by atoms with van der Waals surface area (Å²) >= 11 is 0. The van der Waals surface area contributed by atoms with Crippen LogP contribution in [0.2, 0.25) is 0 Å². The van der Waals surface area contributed by atoms with Gasteiger partial charge in [0.05, 0.1) is 5.69 Å². The first kappa shape index (κ1) is 21.3. The Bertz CT molecular complexity index is 1510. The number of nitrogens with two attached hydrogens (primary N) is 1. The van der Waals surface area contributed by atoms with E-state index >= 15 is 0 Å². The van der Waals surface area contributed by atoms with Crippen molar-refractivity contribution >= 4 is 33.8 Å². The number of carbonyl (C=O) groups is 1. The third-order valence-electron chi connectivity index (χ3n) is 6.95. The van der Waals surface area contributed by atoms with Crippen LogP contribution in [0.4, 0.5) is 15.9 Å². The second-order valence-electron chi connectivity index (χ2n) is 9.17. The SMILES string of the molecule is Nc1nccn2c1c(-c1cc3ccccc3[nH]1)nc2[C@H]1CC[C@H](C(=O)Nc2cccc(F)c2)CC1. The Morgan fingerprint density at radius 3 is 2.71 bits per heavy atom. The summed E-state index contributed by atoms with van der Waals surface area (Å²) in [6, 6.07) is 16.2. The van der Waals surface area contributed by atoms with Gasteiger partial charge in [0.1, 0.15) is 28.7 Å². The van der Waals surface area contributed by atoms with E-state index in [1.807, 2.05) is 28.8 Å². The average Bonchev–Trinajstić information content (AvgIpc) is 3.47. The fourth-order valence-corrected chi connectivity index (χ4v) is 5.19. The number of anilines is 2. The lowest BCUT2D eigenvalue weighted by Gasteiger charge is -2.27. The molecule has 176 valence electrons. The molecule has 0 spiro atoms. The maximum Gasteiger partial charge on any atom is 0.227 e. The zero-order valence-electron chi connectivity index (χ0n) is 19.0. The molecule has 1 saturated carbocycles. The second kappa shape index (κ2) is 8.54. The molecule has 1 aliphatic rings.